The number of halogens is 1. The van der Waals surface area contributed by atoms with E-state index in [2.05, 4.69) is 10.2 Å². The van der Waals surface area contributed by atoms with Crippen LogP contribution in [0, 0.1) is 11.7 Å². The van der Waals surface area contributed by atoms with E-state index < -0.39 is 6.10 Å². The van der Waals surface area contributed by atoms with Gasteiger partial charge in [0.25, 0.3) is 5.91 Å². The van der Waals surface area contributed by atoms with E-state index in [0.717, 1.165) is 6.42 Å². The van der Waals surface area contributed by atoms with E-state index in [-0.39, 0.29) is 23.3 Å². The minimum atomic E-state index is -0.509. The number of aliphatic hydroxyl groups excluding tert-OH is 1. The van der Waals surface area contributed by atoms with Crippen molar-refractivity contribution < 1.29 is 14.3 Å². The summed E-state index contributed by atoms with van der Waals surface area (Å²) in [5.41, 5.74) is 0.791. The van der Waals surface area contributed by atoms with Crippen molar-refractivity contribution in [2.24, 2.45) is 5.92 Å². The van der Waals surface area contributed by atoms with Crippen molar-refractivity contribution in [3.8, 4) is 5.69 Å². The quantitative estimate of drug-likeness (QED) is 0.906. The highest BCUT2D eigenvalue weighted by molar-refractivity contribution is 5.92. The van der Waals surface area contributed by atoms with Gasteiger partial charge in [-0.1, -0.05) is 6.92 Å². The number of hydrogen-bond acceptors (Lipinski definition) is 4. The molecule has 0 spiro atoms. The Morgan fingerprint density at radius 2 is 2.09 bits per heavy atom. The number of aliphatic hydroxyl groups is 1. The summed E-state index contributed by atoms with van der Waals surface area (Å²) < 4.78 is 12.9. The fourth-order valence-corrected chi connectivity index (χ4v) is 2.46. The minimum Gasteiger partial charge on any atom is -0.391 e. The van der Waals surface area contributed by atoms with Gasteiger partial charge in [-0.3, -0.25) is 4.79 Å². The van der Waals surface area contributed by atoms with E-state index in [4.69, 9.17) is 0 Å². The van der Waals surface area contributed by atoms with Crippen molar-refractivity contribution in [3.05, 3.63) is 42.0 Å². The molecule has 1 N–H and O–H groups in total. The highest BCUT2D eigenvalue weighted by atomic mass is 19.1. The zero-order chi connectivity index (χ0) is 15.7. The van der Waals surface area contributed by atoms with Gasteiger partial charge in [0, 0.05) is 13.1 Å². The predicted molar refractivity (Wildman–Crippen MR) is 77.0 cm³/mol. The summed E-state index contributed by atoms with van der Waals surface area (Å²) in [7, 11) is 0. The fraction of sp³-hybridized carbons (Fsp3) is 0.400. The van der Waals surface area contributed by atoms with Gasteiger partial charge in [-0.15, -0.1) is 5.10 Å². The Hall–Kier alpha value is -2.28. The zero-order valence-electron chi connectivity index (χ0n) is 12.2. The fourth-order valence-electron chi connectivity index (χ4n) is 2.46. The minimum absolute atomic E-state index is 0.193. The average molecular weight is 304 g/mol. The molecular weight excluding hydrogens is 287 g/mol. The lowest BCUT2D eigenvalue weighted by atomic mass is 9.96. The summed E-state index contributed by atoms with van der Waals surface area (Å²) >= 11 is 0. The highest BCUT2D eigenvalue weighted by Crippen LogP contribution is 2.18. The number of nitrogens with zero attached hydrogens (tertiary/aromatic N) is 4. The first kappa shape index (κ1) is 14.6. The Morgan fingerprint density at radius 1 is 1.36 bits per heavy atom. The second-order valence-electron chi connectivity index (χ2n) is 5.58. The summed E-state index contributed by atoms with van der Waals surface area (Å²) in [6.07, 6.45) is 1.64. The maximum Gasteiger partial charge on any atom is 0.276 e. The first-order chi connectivity index (χ1) is 10.5. The van der Waals surface area contributed by atoms with Crippen LogP contribution in [0.2, 0.25) is 0 Å². The molecule has 1 aromatic heterocycles. The van der Waals surface area contributed by atoms with Crippen molar-refractivity contribution in [2.45, 2.75) is 19.4 Å². The summed E-state index contributed by atoms with van der Waals surface area (Å²) in [6.45, 7) is 2.88. The maximum absolute atomic E-state index is 12.9. The Balaban J connectivity index is 1.76. The highest BCUT2D eigenvalue weighted by Gasteiger charge is 2.29. The van der Waals surface area contributed by atoms with Crippen molar-refractivity contribution in [1.29, 1.82) is 0 Å². The summed E-state index contributed by atoms with van der Waals surface area (Å²) in [5, 5.41) is 18.1. The molecule has 0 bridgehead atoms. The van der Waals surface area contributed by atoms with E-state index in [0.29, 0.717) is 18.8 Å². The molecule has 1 amide bonds. The van der Waals surface area contributed by atoms with Crippen LogP contribution in [0.3, 0.4) is 0 Å². The normalized spacial score (nSPS) is 21.9. The van der Waals surface area contributed by atoms with E-state index in [1.807, 2.05) is 6.92 Å². The molecule has 2 aromatic rings. The summed E-state index contributed by atoms with van der Waals surface area (Å²) in [6, 6.07) is 5.69. The third-order valence-electron chi connectivity index (χ3n) is 3.97. The number of hydrogen-bond donors (Lipinski definition) is 1. The molecule has 116 valence electrons. The van der Waals surface area contributed by atoms with E-state index in [9.17, 15) is 14.3 Å². The van der Waals surface area contributed by atoms with Crippen LogP contribution in [0.5, 0.6) is 0 Å². The van der Waals surface area contributed by atoms with Crippen molar-refractivity contribution in [3.63, 3.8) is 0 Å². The van der Waals surface area contributed by atoms with Gasteiger partial charge in [-0.25, -0.2) is 4.39 Å². The van der Waals surface area contributed by atoms with Crippen LogP contribution in [0.4, 0.5) is 4.39 Å². The van der Waals surface area contributed by atoms with Gasteiger partial charge in [0.2, 0.25) is 0 Å². The number of benzene rings is 1. The summed E-state index contributed by atoms with van der Waals surface area (Å²) in [5.74, 6) is -0.401. The molecule has 2 atom stereocenters. The monoisotopic (exact) mass is 304 g/mol. The molecule has 1 aromatic carbocycles. The summed E-state index contributed by atoms with van der Waals surface area (Å²) in [4.78, 5) is 15.3. The van der Waals surface area contributed by atoms with Crippen LogP contribution in [-0.4, -0.2) is 50.1 Å². The number of carbonyl (C=O) groups is 1. The molecule has 1 saturated heterocycles. The van der Waals surface area contributed by atoms with Crippen LogP contribution >= 0.6 is 0 Å². The van der Waals surface area contributed by atoms with Crippen LogP contribution in [0.15, 0.2) is 30.5 Å². The van der Waals surface area contributed by atoms with Crippen molar-refractivity contribution in [2.75, 3.05) is 13.1 Å². The Kier molecular flexibility index (Phi) is 3.89. The molecular formula is C15H17FN4O2. The number of amides is 1. The number of β-amino-alcohol motifs (C(OH)–C–C–N with tert-alkyl or cyclic N) is 1. The third kappa shape index (κ3) is 2.85. The lowest BCUT2D eigenvalue weighted by Crippen LogP contribution is -2.45. The second kappa shape index (κ2) is 5.84. The molecule has 7 heteroatoms. The number of carbonyl (C=O) groups excluding carboxylic acids is 1. The second-order valence-corrected chi connectivity index (χ2v) is 5.58. The first-order valence-corrected chi connectivity index (χ1v) is 7.20. The molecule has 3 rings (SSSR count). The molecule has 2 heterocycles. The molecule has 0 radical (unpaired) electrons. The average Bonchev–Trinajstić information content (AvgIpc) is 3.00. The van der Waals surface area contributed by atoms with Gasteiger partial charge in [0.1, 0.15) is 5.82 Å². The van der Waals surface area contributed by atoms with E-state index in [1.54, 1.807) is 4.90 Å². The zero-order valence-corrected chi connectivity index (χ0v) is 12.2. The van der Waals surface area contributed by atoms with Gasteiger partial charge in [-0.05, 0) is 36.6 Å². The van der Waals surface area contributed by atoms with Gasteiger partial charge >= 0.3 is 0 Å². The predicted octanol–water partition coefficient (Wildman–Crippen LogP) is 1.25. The Labute approximate surface area is 127 Å². The standard InChI is InChI=1S/C15H17FN4O2/c1-10-6-7-19(9-14(10)21)15(22)13-8-17-20(18-13)12-4-2-11(16)3-5-12/h2-5,8,10,14,21H,6-7,9H2,1H3. The van der Waals surface area contributed by atoms with Crippen molar-refractivity contribution >= 4 is 5.91 Å². The number of likely N-dealkylation sites (tertiary alicyclic amines) is 1. The number of aromatic nitrogens is 3. The van der Waals surface area contributed by atoms with Gasteiger partial charge in [0.05, 0.1) is 18.0 Å². The molecule has 1 aliphatic rings. The maximum atomic E-state index is 12.9. The largest absolute Gasteiger partial charge is 0.391 e. The Bertz CT molecular complexity index is 670. The lowest BCUT2D eigenvalue weighted by Gasteiger charge is -2.33. The van der Waals surface area contributed by atoms with Gasteiger partial charge < -0.3 is 10.0 Å². The topological polar surface area (TPSA) is 71.2 Å². The van der Waals surface area contributed by atoms with E-state index >= 15 is 0 Å². The Morgan fingerprint density at radius 3 is 2.77 bits per heavy atom. The van der Waals surface area contributed by atoms with Crippen LogP contribution in [-0.2, 0) is 0 Å². The molecule has 0 saturated carbocycles. The van der Waals surface area contributed by atoms with Crippen LogP contribution in [0.25, 0.3) is 5.69 Å². The molecule has 6 nitrogen and oxygen atoms in total. The molecule has 0 aliphatic carbocycles. The van der Waals surface area contributed by atoms with Gasteiger partial charge in [-0.2, -0.15) is 9.90 Å². The SMILES string of the molecule is CC1CCN(C(=O)c2cnn(-c3ccc(F)cc3)n2)CC1O. The van der Waals surface area contributed by atoms with Crippen LogP contribution < -0.4 is 0 Å². The number of piperidine rings is 1. The van der Waals surface area contributed by atoms with Crippen LogP contribution in [0.1, 0.15) is 23.8 Å². The van der Waals surface area contributed by atoms with E-state index in [1.165, 1.54) is 35.3 Å². The molecule has 1 aliphatic heterocycles. The first-order valence-electron chi connectivity index (χ1n) is 7.20. The van der Waals surface area contributed by atoms with Gasteiger partial charge in [0.15, 0.2) is 5.69 Å². The molecule has 2 unspecified atom stereocenters. The smallest absolute Gasteiger partial charge is 0.276 e. The number of rotatable bonds is 2. The third-order valence-corrected chi connectivity index (χ3v) is 3.97. The van der Waals surface area contributed by atoms with Crippen molar-refractivity contribution in [1.82, 2.24) is 19.9 Å². The molecule has 22 heavy (non-hydrogen) atoms. The lowest BCUT2D eigenvalue weighted by molar-refractivity contribution is 0.0245. The molecule has 1 fully saturated rings.